The summed E-state index contributed by atoms with van der Waals surface area (Å²) in [7, 11) is 0. The van der Waals surface area contributed by atoms with Gasteiger partial charge in [0.1, 0.15) is 0 Å². The molecule has 36 heavy (non-hydrogen) atoms. The van der Waals surface area contributed by atoms with Gasteiger partial charge in [0.05, 0.1) is 18.0 Å². The molecule has 1 fully saturated rings. The van der Waals surface area contributed by atoms with Crippen LogP contribution in [0.3, 0.4) is 0 Å². The summed E-state index contributed by atoms with van der Waals surface area (Å²) in [4.78, 5) is 24.8. The molecule has 1 atom stereocenters. The number of urea groups is 1. The van der Waals surface area contributed by atoms with Crippen LogP contribution >= 0.6 is 0 Å². The van der Waals surface area contributed by atoms with E-state index in [1.54, 1.807) is 35.0 Å². The fraction of sp³-hybridized carbons (Fsp3) is 0.333. The molecule has 3 amide bonds. The summed E-state index contributed by atoms with van der Waals surface area (Å²) in [5.41, 5.74) is -0.564. The van der Waals surface area contributed by atoms with Gasteiger partial charge < -0.3 is 16.0 Å². The third-order valence-corrected chi connectivity index (χ3v) is 5.58. The zero-order valence-electron chi connectivity index (χ0n) is 19.3. The van der Waals surface area contributed by atoms with Crippen LogP contribution in [0.25, 0.3) is 0 Å². The summed E-state index contributed by atoms with van der Waals surface area (Å²) >= 11 is 0. The fourth-order valence-corrected chi connectivity index (χ4v) is 3.92. The highest BCUT2D eigenvalue weighted by Gasteiger charge is 2.31. The Morgan fingerprint density at radius 2 is 1.81 bits per heavy atom. The molecule has 0 spiro atoms. The molecule has 1 aromatic heterocycles. The Morgan fingerprint density at radius 3 is 2.50 bits per heavy atom. The van der Waals surface area contributed by atoms with E-state index in [0.29, 0.717) is 12.1 Å². The van der Waals surface area contributed by atoms with Gasteiger partial charge in [0.15, 0.2) is 6.54 Å². The number of piperidine rings is 1. The van der Waals surface area contributed by atoms with Crippen LogP contribution in [-0.2, 0) is 23.9 Å². The maximum atomic E-state index is 13.4. The smallest absolute Gasteiger partial charge is 0.326 e. The van der Waals surface area contributed by atoms with Crippen LogP contribution in [0.1, 0.15) is 30.4 Å². The van der Waals surface area contributed by atoms with Gasteiger partial charge in [-0.15, -0.1) is 0 Å². The Balaban J connectivity index is 1.40. The normalized spacial score (nSPS) is 15.8. The first-order valence-corrected chi connectivity index (χ1v) is 11.5. The molecule has 4 N–H and O–H groups in total. The average Bonchev–Trinajstić information content (AvgIpc) is 3.26. The number of hydrogen-bond acceptors (Lipinski definition) is 5. The second kappa shape index (κ2) is 11.2. The third-order valence-electron chi connectivity index (χ3n) is 5.58. The van der Waals surface area contributed by atoms with Gasteiger partial charge in [0, 0.05) is 11.4 Å². The van der Waals surface area contributed by atoms with Gasteiger partial charge in [0.25, 0.3) is 6.20 Å². The van der Waals surface area contributed by atoms with Crippen molar-refractivity contribution in [2.45, 2.75) is 44.4 Å². The Kier molecular flexibility index (Phi) is 7.84. The molecular weight excluding hydrogens is 477 g/mol. The van der Waals surface area contributed by atoms with Crippen molar-refractivity contribution in [1.82, 2.24) is 10.6 Å². The van der Waals surface area contributed by atoms with Crippen LogP contribution in [0.15, 0.2) is 59.3 Å². The SMILES string of the molecule is O=C(Cc1ccccc1)Nc1cc(NC(=O)Nc2c[n+](CC3CCCCN3)no2)cc(C(F)(F)F)c1. The van der Waals surface area contributed by atoms with E-state index >= 15 is 0 Å². The van der Waals surface area contributed by atoms with Crippen molar-refractivity contribution in [3.05, 3.63) is 65.9 Å². The number of anilines is 3. The second-order valence-corrected chi connectivity index (χ2v) is 8.52. The standard InChI is InChI=1S/C24H25F3N6O3/c25-24(26,27)17-11-19(29-21(34)10-16-6-2-1-3-7-16)13-20(12-17)30-23(35)31-22-15-33(32-36-22)14-18-8-4-5-9-28-18/h1-3,6-7,11-13,15,18,28H,4-5,8-10,14H2,(H2-,29,30,31,32,34,35)/p+1. The lowest BCUT2D eigenvalue weighted by Crippen LogP contribution is -2.48. The van der Waals surface area contributed by atoms with Crippen molar-refractivity contribution in [2.75, 3.05) is 22.5 Å². The number of benzene rings is 2. The van der Waals surface area contributed by atoms with E-state index in [0.717, 1.165) is 37.9 Å². The minimum atomic E-state index is -4.68. The van der Waals surface area contributed by atoms with Crippen molar-refractivity contribution >= 4 is 29.2 Å². The zero-order valence-corrected chi connectivity index (χ0v) is 19.3. The van der Waals surface area contributed by atoms with Crippen molar-refractivity contribution in [1.29, 1.82) is 0 Å². The number of halogens is 3. The summed E-state index contributed by atoms with van der Waals surface area (Å²) in [5.74, 6) is -0.457. The van der Waals surface area contributed by atoms with E-state index in [-0.39, 0.29) is 29.7 Å². The molecule has 1 saturated heterocycles. The second-order valence-electron chi connectivity index (χ2n) is 8.52. The molecule has 0 saturated carbocycles. The van der Waals surface area contributed by atoms with Gasteiger partial charge in [-0.1, -0.05) is 36.8 Å². The highest BCUT2D eigenvalue weighted by atomic mass is 19.4. The predicted octanol–water partition coefficient (Wildman–Crippen LogP) is 3.95. The quantitative estimate of drug-likeness (QED) is 0.365. The lowest BCUT2D eigenvalue weighted by atomic mass is 10.1. The molecule has 2 aromatic carbocycles. The first-order valence-electron chi connectivity index (χ1n) is 11.5. The highest BCUT2D eigenvalue weighted by molar-refractivity contribution is 6.00. The summed E-state index contributed by atoms with van der Waals surface area (Å²) < 4.78 is 47.0. The fourth-order valence-electron chi connectivity index (χ4n) is 3.92. The van der Waals surface area contributed by atoms with Crippen LogP contribution in [0, 0.1) is 0 Å². The van der Waals surface area contributed by atoms with E-state index in [4.69, 9.17) is 4.52 Å². The van der Waals surface area contributed by atoms with Gasteiger partial charge in [-0.05, 0) is 47.8 Å². The lowest BCUT2D eigenvalue weighted by molar-refractivity contribution is -0.764. The molecule has 0 bridgehead atoms. The molecule has 12 heteroatoms. The molecule has 4 rings (SSSR count). The molecular formula is C24H26F3N6O3+. The molecule has 1 aliphatic rings. The maximum absolute atomic E-state index is 13.4. The van der Waals surface area contributed by atoms with Gasteiger partial charge in [-0.3, -0.25) is 14.6 Å². The summed E-state index contributed by atoms with van der Waals surface area (Å²) in [6.07, 6.45) is 0.0508. The largest absolute Gasteiger partial charge is 0.416 e. The number of carbonyl (C=O) groups excluding carboxylic acids is 2. The number of nitrogens with zero attached hydrogens (tertiary/aromatic N) is 2. The molecule has 9 nitrogen and oxygen atoms in total. The monoisotopic (exact) mass is 503 g/mol. The van der Waals surface area contributed by atoms with Gasteiger partial charge >= 0.3 is 18.1 Å². The maximum Gasteiger partial charge on any atom is 0.416 e. The number of hydrogen-bond donors (Lipinski definition) is 4. The predicted molar refractivity (Wildman–Crippen MR) is 125 cm³/mol. The summed E-state index contributed by atoms with van der Waals surface area (Å²) in [6, 6.07) is 11.0. The van der Waals surface area contributed by atoms with Gasteiger partial charge in [-0.25, -0.2) is 4.79 Å². The molecule has 1 aliphatic heterocycles. The highest BCUT2D eigenvalue weighted by Crippen LogP contribution is 2.33. The summed E-state index contributed by atoms with van der Waals surface area (Å²) in [5, 5.41) is 14.5. The molecule has 0 radical (unpaired) electrons. The number of rotatable bonds is 7. The number of aromatic nitrogens is 2. The first-order chi connectivity index (χ1) is 17.2. The average molecular weight is 504 g/mol. The van der Waals surface area contributed by atoms with Crippen molar-refractivity contribution in [3.63, 3.8) is 0 Å². The Bertz CT molecular complexity index is 1190. The van der Waals surface area contributed by atoms with Crippen LogP contribution < -0.4 is 25.9 Å². The Labute approximate surface area is 205 Å². The van der Waals surface area contributed by atoms with Crippen molar-refractivity contribution < 1.29 is 32.0 Å². The zero-order chi connectivity index (χ0) is 25.5. The number of carbonyl (C=O) groups is 2. The van der Waals surface area contributed by atoms with Gasteiger partial charge in [-0.2, -0.15) is 13.2 Å². The Morgan fingerprint density at radius 1 is 1.06 bits per heavy atom. The van der Waals surface area contributed by atoms with Crippen LogP contribution in [-0.4, -0.2) is 29.8 Å². The number of alkyl halides is 3. The minimum absolute atomic E-state index is 0.0117. The molecule has 2 heterocycles. The number of amides is 3. The van der Waals surface area contributed by atoms with Crippen LogP contribution in [0.2, 0.25) is 0 Å². The van der Waals surface area contributed by atoms with E-state index in [1.807, 2.05) is 0 Å². The minimum Gasteiger partial charge on any atom is -0.326 e. The van der Waals surface area contributed by atoms with Gasteiger partial charge in [0.2, 0.25) is 11.2 Å². The Hall–Kier alpha value is -3.93. The van der Waals surface area contributed by atoms with Crippen LogP contribution in [0.5, 0.6) is 0 Å². The van der Waals surface area contributed by atoms with E-state index in [1.165, 1.54) is 12.3 Å². The molecule has 1 unspecified atom stereocenters. The van der Waals surface area contributed by atoms with E-state index in [2.05, 4.69) is 26.5 Å². The number of nitrogens with one attached hydrogen (secondary N) is 4. The summed E-state index contributed by atoms with van der Waals surface area (Å²) in [6.45, 7) is 1.49. The van der Waals surface area contributed by atoms with Crippen molar-refractivity contribution in [2.24, 2.45) is 0 Å². The third kappa shape index (κ3) is 7.28. The van der Waals surface area contributed by atoms with Crippen LogP contribution in [0.4, 0.5) is 35.2 Å². The topological polar surface area (TPSA) is 112 Å². The van der Waals surface area contributed by atoms with E-state index < -0.39 is 23.7 Å². The lowest BCUT2D eigenvalue weighted by Gasteiger charge is -2.19. The molecule has 3 aromatic rings. The van der Waals surface area contributed by atoms with Crippen molar-refractivity contribution in [3.8, 4) is 0 Å². The molecule has 190 valence electrons. The molecule has 0 aliphatic carbocycles. The first kappa shape index (κ1) is 25.2. The van der Waals surface area contributed by atoms with E-state index in [9.17, 15) is 22.8 Å².